The Morgan fingerprint density at radius 3 is 1.95 bits per heavy atom. The van der Waals surface area contributed by atoms with Gasteiger partial charge in [0.05, 0.1) is 0 Å². The molecule has 1 aliphatic rings. The summed E-state index contributed by atoms with van der Waals surface area (Å²) in [6.45, 7) is 4.00. The van der Waals surface area contributed by atoms with E-state index in [1.165, 1.54) is 0 Å². The standard InChI is InChI=1S/C12H20O8/c1-3-5-6-7(4-2)8-17-9(19-11(13)14)10(18-8)20-12(15)16/h7-10H,3-6H2,1-2H3,(H,13,14)(H,15,16). The summed E-state index contributed by atoms with van der Waals surface area (Å²) in [7, 11) is 0. The largest absolute Gasteiger partial charge is 0.508 e. The van der Waals surface area contributed by atoms with E-state index in [2.05, 4.69) is 16.4 Å². The van der Waals surface area contributed by atoms with Crippen LogP contribution in [-0.4, -0.2) is 41.4 Å². The van der Waals surface area contributed by atoms with E-state index in [9.17, 15) is 9.59 Å². The zero-order chi connectivity index (χ0) is 15.1. The van der Waals surface area contributed by atoms with Gasteiger partial charge in [0.15, 0.2) is 6.29 Å². The molecule has 8 heteroatoms. The molecule has 20 heavy (non-hydrogen) atoms. The van der Waals surface area contributed by atoms with Gasteiger partial charge in [-0.25, -0.2) is 9.59 Å². The van der Waals surface area contributed by atoms with E-state index in [0.717, 1.165) is 25.7 Å². The molecule has 0 radical (unpaired) electrons. The van der Waals surface area contributed by atoms with Crippen molar-refractivity contribution in [3.8, 4) is 0 Å². The molecule has 2 N–H and O–H groups in total. The Hall–Kier alpha value is -1.54. The van der Waals surface area contributed by atoms with Crippen LogP contribution in [0.15, 0.2) is 0 Å². The maximum absolute atomic E-state index is 10.5. The molecule has 0 amide bonds. The zero-order valence-electron chi connectivity index (χ0n) is 11.5. The van der Waals surface area contributed by atoms with E-state index in [4.69, 9.17) is 19.7 Å². The average Bonchev–Trinajstić information content (AvgIpc) is 2.71. The van der Waals surface area contributed by atoms with Gasteiger partial charge in [-0.15, -0.1) is 0 Å². The van der Waals surface area contributed by atoms with Gasteiger partial charge in [-0.1, -0.05) is 26.7 Å². The van der Waals surface area contributed by atoms with E-state index >= 15 is 0 Å². The van der Waals surface area contributed by atoms with E-state index < -0.39 is 31.2 Å². The molecule has 0 aromatic carbocycles. The molecule has 1 fully saturated rings. The van der Waals surface area contributed by atoms with Gasteiger partial charge in [-0.2, -0.15) is 0 Å². The second-order valence-corrected chi connectivity index (χ2v) is 4.46. The number of hydrogen-bond acceptors (Lipinski definition) is 6. The minimum Gasteiger partial charge on any atom is -0.450 e. The molecule has 3 unspecified atom stereocenters. The Balaban J connectivity index is 2.66. The number of carbonyl (C=O) groups is 2. The maximum Gasteiger partial charge on any atom is 0.508 e. The topological polar surface area (TPSA) is 112 Å². The molecule has 0 aromatic heterocycles. The highest BCUT2D eigenvalue weighted by atomic mass is 16.9. The van der Waals surface area contributed by atoms with Crippen LogP contribution in [0.5, 0.6) is 0 Å². The van der Waals surface area contributed by atoms with E-state index in [1.54, 1.807) is 0 Å². The van der Waals surface area contributed by atoms with Crippen LogP contribution < -0.4 is 0 Å². The maximum atomic E-state index is 10.5. The minimum absolute atomic E-state index is 0.0252. The highest BCUT2D eigenvalue weighted by molar-refractivity contribution is 5.58. The lowest BCUT2D eigenvalue weighted by Crippen LogP contribution is -2.31. The van der Waals surface area contributed by atoms with Crippen LogP contribution in [0.4, 0.5) is 9.59 Å². The van der Waals surface area contributed by atoms with Gasteiger partial charge in [0, 0.05) is 5.92 Å². The summed E-state index contributed by atoms with van der Waals surface area (Å²) in [4.78, 5) is 21.1. The quantitative estimate of drug-likeness (QED) is 0.689. The van der Waals surface area contributed by atoms with E-state index in [-0.39, 0.29) is 5.92 Å². The van der Waals surface area contributed by atoms with Crippen molar-refractivity contribution >= 4 is 12.3 Å². The Bertz CT molecular complexity index is 307. The Morgan fingerprint density at radius 1 is 1.10 bits per heavy atom. The highest BCUT2D eigenvalue weighted by Crippen LogP contribution is 2.30. The van der Waals surface area contributed by atoms with Crippen molar-refractivity contribution in [2.24, 2.45) is 5.92 Å². The molecule has 8 nitrogen and oxygen atoms in total. The first-order valence-electron chi connectivity index (χ1n) is 6.58. The summed E-state index contributed by atoms with van der Waals surface area (Å²) in [5.74, 6) is 0.0252. The van der Waals surface area contributed by atoms with Crippen molar-refractivity contribution in [1.29, 1.82) is 0 Å². The van der Waals surface area contributed by atoms with Crippen LogP contribution in [0.1, 0.15) is 39.5 Å². The first kappa shape index (κ1) is 16.5. The second kappa shape index (κ2) is 7.91. The van der Waals surface area contributed by atoms with Crippen LogP contribution in [0, 0.1) is 5.92 Å². The summed E-state index contributed by atoms with van der Waals surface area (Å²) in [6.07, 6.45) is -3.14. The van der Waals surface area contributed by atoms with Crippen LogP contribution >= 0.6 is 0 Å². The SMILES string of the molecule is CCCCC(CC)C1OC(OC(=O)O)C(OC(=O)O)O1. The average molecular weight is 292 g/mol. The van der Waals surface area contributed by atoms with Gasteiger partial charge in [0.1, 0.15) is 0 Å². The third-order valence-electron chi connectivity index (χ3n) is 3.03. The lowest BCUT2D eigenvalue weighted by atomic mass is 9.99. The van der Waals surface area contributed by atoms with Crippen LogP contribution in [0.2, 0.25) is 0 Å². The molecule has 116 valence electrons. The molecular formula is C12H20O8. The smallest absolute Gasteiger partial charge is 0.450 e. The predicted molar refractivity (Wildman–Crippen MR) is 65.1 cm³/mol. The van der Waals surface area contributed by atoms with Crippen LogP contribution in [0.25, 0.3) is 0 Å². The van der Waals surface area contributed by atoms with Gasteiger partial charge in [-0.3, -0.25) is 0 Å². The van der Waals surface area contributed by atoms with Crippen molar-refractivity contribution in [1.82, 2.24) is 0 Å². The lowest BCUT2D eigenvalue weighted by molar-refractivity contribution is -0.153. The molecule has 0 aliphatic carbocycles. The summed E-state index contributed by atoms with van der Waals surface area (Å²) >= 11 is 0. The molecule has 3 atom stereocenters. The van der Waals surface area contributed by atoms with E-state index in [1.807, 2.05) is 6.92 Å². The highest BCUT2D eigenvalue weighted by Gasteiger charge is 2.44. The number of carboxylic acid groups (broad SMARTS) is 2. The fourth-order valence-corrected chi connectivity index (χ4v) is 2.01. The van der Waals surface area contributed by atoms with Crippen molar-refractivity contribution in [3.05, 3.63) is 0 Å². The molecule has 0 spiro atoms. The molecule has 0 aromatic rings. The van der Waals surface area contributed by atoms with E-state index in [0.29, 0.717) is 0 Å². The number of hydrogen-bond donors (Lipinski definition) is 2. The Morgan fingerprint density at radius 2 is 1.60 bits per heavy atom. The predicted octanol–water partition coefficient (Wildman–Crippen LogP) is 2.62. The van der Waals surface area contributed by atoms with Crippen molar-refractivity contribution in [2.45, 2.75) is 58.4 Å². The third kappa shape index (κ3) is 4.86. The summed E-state index contributed by atoms with van der Waals surface area (Å²) < 4.78 is 19.5. The molecular weight excluding hydrogens is 272 g/mol. The number of rotatable bonds is 7. The van der Waals surface area contributed by atoms with Gasteiger partial charge >= 0.3 is 12.3 Å². The second-order valence-electron chi connectivity index (χ2n) is 4.46. The van der Waals surface area contributed by atoms with Gasteiger partial charge in [-0.05, 0) is 12.8 Å². The molecule has 1 aliphatic heterocycles. The van der Waals surface area contributed by atoms with Crippen molar-refractivity contribution < 1.29 is 38.7 Å². The third-order valence-corrected chi connectivity index (χ3v) is 3.03. The molecule has 1 saturated heterocycles. The van der Waals surface area contributed by atoms with Gasteiger partial charge in [0.25, 0.3) is 12.6 Å². The Kier molecular flexibility index (Phi) is 6.53. The fraction of sp³-hybridized carbons (Fsp3) is 0.833. The lowest BCUT2D eigenvalue weighted by Gasteiger charge is -2.20. The molecule has 0 saturated carbocycles. The van der Waals surface area contributed by atoms with Crippen molar-refractivity contribution in [3.63, 3.8) is 0 Å². The molecule has 1 heterocycles. The van der Waals surface area contributed by atoms with Crippen molar-refractivity contribution in [2.75, 3.05) is 0 Å². The zero-order valence-corrected chi connectivity index (χ0v) is 11.5. The minimum atomic E-state index is -1.58. The summed E-state index contributed by atoms with van der Waals surface area (Å²) in [5.41, 5.74) is 0. The molecule has 0 bridgehead atoms. The first-order valence-corrected chi connectivity index (χ1v) is 6.58. The Labute approximate surface area is 116 Å². The van der Waals surface area contributed by atoms with Gasteiger partial charge in [0.2, 0.25) is 0 Å². The normalized spacial score (nSPS) is 27.0. The monoisotopic (exact) mass is 292 g/mol. The number of unbranched alkanes of at least 4 members (excludes halogenated alkanes) is 1. The van der Waals surface area contributed by atoms with Gasteiger partial charge < -0.3 is 29.2 Å². The summed E-state index contributed by atoms with van der Waals surface area (Å²) in [5, 5.41) is 17.2. The number of ether oxygens (including phenoxy) is 4. The fourth-order valence-electron chi connectivity index (χ4n) is 2.01. The summed E-state index contributed by atoms with van der Waals surface area (Å²) in [6, 6.07) is 0. The van der Waals surface area contributed by atoms with Crippen LogP contribution in [-0.2, 0) is 18.9 Å². The molecule has 1 rings (SSSR count). The first-order chi connectivity index (χ1) is 9.47. The van der Waals surface area contributed by atoms with Crippen LogP contribution in [0.3, 0.4) is 0 Å².